The van der Waals surface area contributed by atoms with E-state index in [1.54, 1.807) is 0 Å². The van der Waals surface area contributed by atoms with Crippen LogP contribution in [0.25, 0.3) is 0 Å². The Balaban J connectivity index is 2.32. The Bertz CT molecular complexity index is 99.2. The maximum absolute atomic E-state index is 4.65. The number of rotatable bonds is 2. The summed E-state index contributed by atoms with van der Waals surface area (Å²) in [6.45, 7) is 2.28. The number of hydrogen-bond donors (Lipinski definition) is 0. The minimum atomic E-state index is 1.14. The Morgan fingerprint density at radius 1 is 1.44 bits per heavy atom. The van der Waals surface area contributed by atoms with Gasteiger partial charge in [-0.05, 0) is 12.8 Å². The first-order valence-electron chi connectivity index (χ1n) is 3.21. The van der Waals surface area contributed by atoms with Gasteiger partial charge in [0.25, 0.3) is 0 Å². The van der Waals surface area contributed by atoms with E-state index in [9.17, 15) is 0 Å². The zero-order chi connectivity index (χ0) is 6.69. The molecule has 1 aliphatic rings. The highest BCUT2D eigenvalue weighted by Crippen LogP contribution is 2.07. The molecule has 0 saturated carbocycles. The fraction of sp³-hybridized carbons (Fsp3) is 0.833. The number of hydrogen-bond acceptors (Lipinski definition) is 2. The van der Waals surface area contributed by atoms with Gasteiger partial charge < -0.3 is 0 Å². The van der Waals surface area contributed by atoms with Crippen LogP contribution in [0.1, 0.15) is 12.8 Å². The average Bonchev–Trinajstić information content (AvgIpc) is 2.37. The molecule has 1 rings (SSSR count). The van der Waals surface area contributed by atoms with Crippen molar-refractivity contribution in [1.29, 1.82) is 0 Å². The molecule has 0 aliphatic carbocycles. The van der Waals surface area contributed by atoms with Crippen molar-refractivity contribution in [2.24, 2.45) is 0 Å². The monoisotopic (exact) mass is 143 g/mol. The molecule has 0 atom stereocenters. The maximum atomic E-state index is 4.65. The lowest BCUT2D eigenvalue weighted by atomic mass is 10.4. The summed E-state index contributed by atoms with van der Waals surface area (Å²) >= 11 is 4.65. The second-order valence-corrected chi connectivity index (χ2v) is 2.46. The highest BCUT2D eigenvalue weighted by atomic mass is 32.1. The van der Waals surface area contributed by atoms with Gasteiger partial charge >= 0.3 is 0 Å². The smallest absolute Gasteiger partial charge is 0.152 e. The van der Waals surface area contributed by atoms with E-state index in [0.717, 1.165) is 13.1 Å². The van der Waals surface area contributed by atoms with Crippen molar-refractivity contribution in [3.63, 3.8) is 0 Å². The Hall–Kier alpha value is -0.150. The minimum absolute atomic E-state index is 1.14. The fourth-order valence-electron chi connectivity index (χ4n) is 1.06. The Labute approximate surface area is 61.4 Å². The standard InChI is InChI=1S/C6H11N2S/c1-7(6-9)8-4-2-3-5-8/h2-5H2,1H3. The van der Waals surface area contributed by atoms with Crippen molar-refractivity contribution in [2.45, 2.75) is 12.8 Å². The molecule has 0 aromatic heterocycles. The predicted octanol–water partition coefficient (Wildman–Crippen LogP) is 0.763. The molecule has 0 bridgehead atoms. The first kappa shape index (κ1) is 6.96. The van der Waals surface area contributed by atoms with Crippen LogP contribution in [0, 0.1) is 0 Å². The van der Waals surface area contributed by atoms with Crippen molar-refractivity contribution in [1.82, 2.24) is 10.0 Å². The topological polar surface area (TPSA) is 6.48 Å². The number of thiocarbonyl (C=S) groups is 1. The van der Waals surface area contributed by atoms with Gasteiger partial charge in [-0.25, -0.2) is 5.01 Å². The van der Waals surface area contributed by atoms with Gasteiger partial charge in [-0.2, -0.15) is 0 Å². The molecule has 0 aromatic carbocycles. The van der Waals surface area contributed by atoms with E-state index in [2.05, 4.69) is 22.7 Å². The molecule has 2 nitrogen and oxygen atoms in total. The normalized spacial score (nSPS) is 20.1. The van der Waals surface area contributed by atoms with Crippen LogP contribution in [0.4, 0.5) is 0 Å². The van der Waals surface area contributed by atoms with Gasteiger partial charge in [0, 0.05) is 20.1 Å². The molecule has 1 radical (unpaired) electrons. The lowest BCUT2D eigenvalue weighted by Gasteiger charge is -2.23. The van der Waals surface area contributed by atoms with Gasteiger partial charge in [0.05, 0.1) is 0 Å². The van der Waals surface area contributed by atoms with Gasteiger partial charge in [-0.15, -0.1) is 0 Å². The summed E-state index contributed by atoms with van der Waals surface area (Å²) < 4.78 is 0. The van der Waals surface area contributed by atoms with Crippen LogP contribution in [0.15, 0.2) is 0 Å². The van der Waals surface area contributed by atoms with E-state index in [-0.39, 0.29) is 0 Å². The molecule has 0 spiro atoms. The van der Waals surface area contributed by atoms with Crippen LogP contribution in [0.2, 0.25) is 0 Å². The molecule has 1 aliphatic heterocycles. The van der Waals surface area contributed by atoms with Crippen LogP contribution >= 0.6 is 12.2 Å². The zero-order valence-corrected chi connectivity index (χ0v) is 6.45. The zero-order valence-electron chi connectivity index (χ0n) is 5.63. The largest absolute Gasteiger partial charge is 0.296 e. The minimum Gasteiger partial charge on any atom is -0.296 e. The Kier molecular flexibility index (Phi) is 2.42. The van der Waals surface area contributed by atoms with Crippen molar-refractivity contribution in [3.05, 3.63) is 0 Å². The molecule has 3 heteroatoms. The fourth-order valence-corrected chi connectivity index (χ4v) is 1.17. The summed E-state index contributed by atoms with van der Waals surface area (Å²) in [7, 11) is 1.94. The SMILES string of the molecule is CN([C]=S)N1CCCC1. The molecular weight excluding hydrogens is 132 g/mol. The van der Waals surface area contributed by atoms with Gasteiger partial charge in [0.2, 0.25) is 0 Å². The molecule has 0 unspecified atom stereocenters. The average molecular weight is 143 g/mol. The van der Waals surface area contributed by atoms with Crippen molar-refractivity contribution in [2.75, 3.05) is 20.1 Å². The molecule has 1 fully saturated rings. The molecule has 1 heterocycles. The van der Waals surface area contributed by atoms with Crippen molar-refractivity contribution in [3.8, 4) is 0 Å². The van der Waals surface area contributed by atoms with Gasteiger partial charge in [-0.1, -0.05) is 12.2 Å². The molecule has 51 valence electrons. The lowest BCUT2D eigenvalue weighted by Crippen LogP contribution is -2.35. The summed E-state index contributed by atoms with van der Waals surface area (Å²) in [6, 6.07) is 0. The summed E-state index contributed by atoms with van der Waals surface area (Å²) in [6.07, 6.45) is 2.59. The van der Waals surface area contributed by atoms with E-state index >= 15 is 0 Å². The molecule has 0 N–H and O–H groups in total. The van der Waals surface area contributed by atoms with Gasteiger partial charge in [-0.3, -0.25) is 5.01 Å². The van der Waals surface area contributed by atoms with Crippen molar-refractivity contribution < 1.29 is 0 Å². The molecule has 0 amide bonds. The molecular formula is C6H11N2S. The van der Waals surface area contributed by atoms with E-state index < -0.39 is 0 Å². The third-order valence-electron chi connectivity index (χ3n) is 1.64. The van der Waals surface area contributed by atoms with Crippen LogP contribution < -0.4 is 0 Å². The van der Waals surface area contributed by atoms with Gasteiger partial charge in [0.1, 0.15) is 0 Å². The summed E-state index contributed by atoms with van der Waals surface area (Å²) in [5, 5.41) is 4.06. The second-order valence-electron chi connectivity index (χ2n) is 2.28. The third-order valence-corrected chi connectivity index (χ3v) is 1.90. The van der Waals surface area contributed by atoms with E-state index in [1.807, 2.05) is 12.1 Å². The third kappa shape index (κ3) is 1.63. The molecule has 1 saturated heterocycles. The maximum Gasteiger partial charge on any atom is 0.152 e. The first-order valence-corrected chi connectivity index (χ1v) is 3.62. The molecule has 9 heavy (non-hydrogen) atoms. The van der Waals surface area contributed by atoms with Crippen molar-refractivity contribution >= 4 is 17.7 Å². The highest BCUT2D eigenvalue weighted by Gasteiger charge is 2.13. The first-order chi connectivity index (χ1) is 4.34. The Morgan fingerprint density at radius 3 is 2.44 bits per heavy atom. The quantitative estimate of drug-likeness (QED) is 0.416. The second kappa shape index (κ2) is 3.13. The van der Waals surface area contributed by atoms with E-state index in [0.29, 0.717) is 0 Å². The van der Waals surface area contributed by atoms with Crippen LogP contribution in [0.5, 0.6) is 0 Å². The van der Waals surface area contributed by atoms with E-state index in [1.165, 1.54) is 12.8 Å². The highest BCUT2D eigenvalue weighted by molar-refractivity contribution is 7.78. The van der Waals surface area contributed by atoms with Crippen LogP contribution in [0.3, 0.4) is 0 Å². The summed E-state index contributed by atoms with van der Waals surface area (Å²) in [5.41, 5.74) is 2.65. The van der Waals surface area contributed by atoms with E-state index in [4.69, 9.17) is 0 Å². The predicted molar refractivity (Wildman–Crippen MR) is 41.2 cm³/mol. The lowest BCUT2D eigenvalue weighted by molar-refractivity contribution is 0.112. The Morgan fingerprint density at radius 2 is 2.00 bits per heavy atom. The van der Waals surface area contributed by atoms with Crippen LogP contribution in [-0.2, 0) is 0 Å². The number of nitrogens with zero attached hydrogens (tertiary/aromatic N) is 2. The summed E-state index contributed by atoms with van der Waals surface area (Å²) in [5.74, 6) is 0. The molecule has 0 aromatic rings. The van der Waals surface area contributed by atoms with Crippen LogP contribution in [-0.4, -0.2) is 35.6 Å². The number of hydrazine groups is 1. The van der Waals surface area contributed by atoms with Gasteiger partial charge in [0.15, 0.2) is 5.49 Å². The summed E-state index contributed by atoms with van der Waals surface area (Å²) in [4.78, 5) is 0.